The topological polar surface area (TPSA) is 85.1 Å². The van der Waals surface area contributed by atoms with Crippen molar-refractivity contribution in [2.75, 3.05) is 17.2 Å². The van der Waals surface area contributed by atoms with E-state index in [4.69, 9.17) is 5.73 Å². The first-order valence-corrected chi connectivity index (χ1v) is 9.03. The smallest absolute Gasteiger partial charge is 0.212 e. The minimum absolute atomic E-state index is 0.0670. The number of nitrogens with two attached hydrogens (primary N) is 1. The largest absolute Gasteiger partial charge is 0.399 e. The van der Waals surface area contributed by atoms with E-state index in [-0.39, 0.29) is 12.3 Å². The van der Waals surface area contributed by atoms with E-state index in [1.54, 1.807) is 30.6 Å². The second-order valence-corrected chi connectivity index (χ2v) is 7.51. The van der Waals surface area contributed by atoms with E-state index in [9.17, 15) is 8.42 Å². The predicted octanol–water partition coefficient (Wildman–Crippen LogP) is 1.88. The maximum Gasteiger partial charge on any atom is 0.212 e. The summed E-state index contributed by atoms with van der Waals surface area (Å²) in [6, 6.07) is 11.0. The number of nitrogen functional groups attached to an aromatic ring is 1. The lowest BCUT2D eigenvalue weighted by molar-refractivity contribution is 0.583. The molecule has 0 radical (unpaired) electrons. The third-order valence-corrected chi connectivity index (χ3v) is 5.30. The molecule has 7 heteroatoms. The van der Waals surface area contributed by atoms with E-state index in [0.717, 1.165) is 10.5 Å². The number of hydrogen-bond donors (Lipinski definition) is 2. The van der Waals surface area contributed by atoms with Gasteiger partial charge < -0.3 is 5.73 Å². The van der Waals surface area contributed by atoms with E-state index in [1.165, 1.54) is 11.8 Å². The van der Waals surface area contributed by atoms with Crippen LogP contribution in [0.2, 0.25) is 0 Å². The first-order valence-electron chi connectivity index (χ1n) is 6.40. The molecule has 0 atom stereocenters. The molecule has 0 fully saturated rings. The number of sulfonamides is 1. The first-order chi connectivity index (χ1) is 10.1. The fraction of sp³-hybridized carbons (Fsp3) is 0.214. The molecule has 0 aliphatic carbocycles. The molecule has 0 unspecified atom stereocenters. The van der Waals surface area contributed by atoms with Gasteiger partial charge >= 0.3 is 0 Å². The van der Waals surface area contributed by atoms with Crippen LogP contribution in [-0.4, -0.2) is 24.9 Å². The molecule has 112 valence electrons. The molecule has 0 bridgehead atoms. The van der Waals surface area contributed by atoms with Gasteiger partial charge in [0, 0.05) is 35.3 Å². The van der Waals surface area contributed by atoms with Gasteiger partial charge in [-0.25, -0.2) is 13.1 Å². The lowest BCUT2D eigenvalue weighted by Crippen LogP contribution is -2.26. The predicted molar refractivity (Wildman–Crippen MR) is 86.4 cm³/mol. The van der Waals surface area contributed by atoms with Crippen molar-refractivity contribution in [1.82, 2.24) is 9.71 Å². The molecule has 3 N–H and O–H groups in total. The number of rotatable bonds is 7. The lowest BCUT2D eigenvalue weighted by Gasteiger charge is -2.07. The summed E-state index contributed by atoms with van der Waals surface area (Å²) in [5.41, 5.74) is 7.24. The molecule has 21 heavy (non-hydrogen) atoms. The van der Waals surface area contributed by atoms with Gasteiger partial charge in [-0.3, -0.25) is 4.98 Å². The Labute approximate surface area is 129 Å². The maximum absolute atomic E-state index is 11.9. The molecular formula is C14H17N3O2S2. The second kappa shape index (κ2) is 7.44. The zero-order valence-electron chi connectivity index (χ0n) is 11.4. The number of nitrogens with one attached hydrogen (secondary N) is 1. The molecule has 0 aliphatic rings. The van der Waals surface area contributed by atoms with Gasteiger partial charge in [-0.2, -0.15) is 0 Å². The van der Waals surface area contributed by atoms with Crippen LogP contribution in [0.5, 0.6) is 0 Å². The summed E-state index contributed by atoms with van der Waals surface area (Å²) in [5.74, 6) is 0.548. The van der Waals surface area contributed by atoms with Crippen molar-refractivity contribution in [1.29, 1.82) is 0 Å². The quantitative estimate of drug-likeness (QED) is 0.600. The van der Waals surface area contributed by atoms with Crippen LogP contribution < -0.4 is 10.5 Å². The fourth-order valence-corrected chi connectivity index (χ4v) is 4.01. The SMILES string of the molecule is Nc1cccc(SCCS(=O)(=O)NCc2ccncc2)c1. The van der Waals surface area contributed by atoms with Crippen LogP contribution >= 0.6 is 11.8 Å². The molecule has 0 amide bonds. The Morgan fingerprint density at radius 1 is 1.19 bits per heavy atom. The highest BCUT2D eigenvalue weighted by Crippen LogP contribution is 2.20. The van der Waals surface area contributed by atoms with Gasteiger partial charge in [0.1, 0.15) is 0 Å². The molecule has 1 heterocycles. The van der Waals surface area contributed by atoms with E-state index < -0.39 is 10.0 Å². The van der Waals surface area contributed by atoms with Crippen LogP contribution in [0.4, 0.5) is 5.69 Å². The van der Waals surface area contributed by atoms with Crippen molar-refractivity contribution in [2.45, 2.75) is 11.4 Å². The average Bonchev–Trinajstić information content (AvgIpc) is 2.46. The van der Waals surface area contributed by atoms with Crippen molar-refractivity contribution >= 4 is 27.5 Å². The van der Waals surface area contributed by atoms with Crippen LogP contribution in [0, 0.1) is 0 Å². The Morgan fingerprint density at radius 2 is 1.95 bits per heavy atom. The normalized spacial score (nSPS) is 11.4. The molecule has 0 aliphatic heterocycles. The summed E-state index contributed by atoms with van der Waals surface area (Å²) in [4.78, 5) is 4.86. The van der Waals surface area contributed by atoms with E-state index >= 15 is 0 Å². The molecule has 2 rings (SSSR count). The van der Waals surface area contributed by atoms with Gasteiger partial charge in [0.05, 0.1) is 5.75 Å². The summed E-state index contributed by atoms with van der Waals surface area (Å²) < 4.78 is 26.4. The highest BCUT2D eigenvalue weighted by atomic mass is 32.2. The highest BCUT2D eigenvalue weighted by Gasteiger charge is 2.10. The second-order valence-electron chi connectivity index (χ2n) is 4.42. The van der Waals surface area contributed by atoms with Gasteiger partial charge in [-0.15, -0.1) is 11.8 Å². The number of aromatic nitrogens is 1. The van der Waals surface area contributed by atoms with Gasteiger partial charge in [-0.05, 0) is 35.9 Å². The number of benzene rings is 1. The molecule has 0 saturated heterocycles. The van der Waals surface area contributed by atoms with Gasteiger partial charge in [0.2, 0.25) is 10.0 Å². The standard InChI is InChI=1S/C14H17N3O2S2/c15-13-2-1-3-14(10-13)20-8-9-21(18,19)17-11-12-4-6-16-7-5-12/h1-7,10,17H,8-9,11,15H2. The number of thioether (sulfide) groups is 1. The van der Waals surface area contributed by atoms with Crippen molar-refractivity contribution in [2.24, 2.45) is 0 Å². The van der Waals surface area contributed by atoms with E-state index in [2.05, 4.69) is 9.71 Å². The van der Waals surface area contributed by atoms with Crippen LogP contribution in [-0.2, 0) is 16.6 Å². The summed E-state index contributed by atoms with van der Waals surface area (Å²) in [6.07, 6.45) is 3.28. The first kappa shape index (κ1) is 15.8. The minimum atomic E-state index is -3.28. The zero-order valence-corrected chi connectivity index (χ0v) is 13.0. The monoisotopic (exact) mass is 323 g/mol. The molecule has 2 aromatic rings. The van der Waals surface area contributed by atoms with Gasteiger partial charge in [-0.1, -0.05) is 6.07 Å². The molecular weight excluding hydrogens is 306 g/mol. The van der Waals surface area contributed by atoms with Crippen molar-refractivity contribution in [3.8, 4) is 0 Å². The Hall–Kier alpha value is -1.57. The molecule has 5 nitrogen and oxygen atoms in total. The van der Waals surface area contributed by atoms with Crippen LogP contribution in [0.25, 0.3) is 0 Å². The number of nitrogens with zero attached hydrogens (tertiary/aromatic N) is 1. The molecule has 1 aromatic heterocycles. The maximum atomic E-state index is 11.9. The fourth-order valence-electron chi connectivity index (χ4n) is 1.64. The van der Waals surface area contributed by atoms with Crippen molar-refractivity contribution in [3.05, 3.63) is 54.4 Å². The van der Waals surface area contributed by atoms with Gasteiger partial charge in [0.25, 0.3) is 0 Å². The summed E-state index contributed by atoms with van der Waals surface area (Å²) in [6.45, 7) is 0.286. The average molecular weight is 323 g/mol. The third-order valence-electron chi connectivity index (χ3n) is 2.72. The Morgan fingerprint density at radius 3 is 2.67 bits per heavy atom. The zero-order chi connectivity index (χ0) is 15.1. The summed E-state index contributed by atoms with van der Waals surface area (Å²) >= 11 is 1.47. The Bertz CT molecular complexity index is 676. The summed E-state index contributed by atoms with van der Waals surface area (Å²) in [7, 11) is -3.28. The van der Waals surface area contributed by atoms with Gasteiger partial charge in [0.15, 0.2) is 0 Å². The highest BCUT2D eigenvalue weighted by molar-refractivity contribution is 8.00. The Kier molecular flexibility index (Phi) is 5.60. The molecule has 1 aromatic carbocycles. The molecule has 0 spiro atoms. The number of anilines is 1. The number of hydrogen-bond acceptors (Lipinski definition) is 5. The molecule has 0 saturated carbocycles. The van der Waals surface area contributed by atoms with Crippen molar-refractivity contribution < 1.29 is 8.42 Å². The summed E-state index contributed by atoms with van der Waals surface area (Å²) in [5, 5.41) is 0. The minimum Gasteiger partial charge on any atom is -0.399 e. The third kappa shape index (κ3) is 5.74. The van der Waals surface area contributed by atoms with Crippen LogP contribution in [0.15, 0.2) is 53.7 Å². The Balaban J connectivity index is 1.79. The van der Waals surface area contributed by atoms with Crippen molar-refractivity contribution in [3.63, 3.8) is 0 Å². The van der Waals surface area contributed by atoms with Crippen LogP contribution in [0.3, 0.4) is 0 Å². The van der Waals surface area contributed by atoms with E-state index in [0.29, 0.717) is 11.4 Å². The van der Waals surface area contributed by atoms with Crippen LogP contribution in [0.1, 0.15) is 5.56 Å². The van der Waals surface area contributed by atoms with E-state index in [1.807, 2.05) is 18.2 Å². The lowest BCUT2D eigenvalue weighted by atomic mass is 10.3. The number of pyridine rings is 1.